The van der Waals surface area contributed by atoms with E-state index in [9.17, 15) is 0 Å². The van der Waals surface area contributed by atoms with E-state index in [4.69, 9.17) is 9.47 Å². The van der Waals surface area contributed by atoms with Gasteiger partial charge >= 0.3 is 0 Å². The van der Waals surface area contributed by atoms with Crippen LogP contribution in [0.2, 0.25) is 0 Å². The molecule has 5 nitrogen and oxygen atoms in total. The zero-order valence-electron chi connectivity index (χ0n) is 10.4. The van der Waals surface area contributed by atoms with Crippen molar-refractivity contribution in [2.45, 2.75) is 26.2 Å². The molecule has 0 unspecified atom stereocenters. The summed E-state index contributed by atoms with van der Waals surface area (Å²) in [5, 5.41) is 3.27. The maximum atomic E-state index is 5.69. The van der Waals surface area contributed by atoms with Crippen molar-refractivity contribution in [3.05, 3.63) is 36.4 Å². The summed E-state index contributed by atoms with van der Waals surface area (Å²) >= 11 is 0. The third-order valence-electron chi connectivity index (χ3n) is 2.67. The van der Waals surface area contributed by atoms with Gasteiger partial charge in [0.15, 0.2) is 11.5 Å². The van der Waals surface area contributed by atoms with Crippen molar-refractivity contribution in [1.82, 2.24) is 9.97 Å². The second-order valence-corrected chi connectivity index (χ2v) is 4.65. The van der Waals surface area contributed by atoms with Crippen molar-refractivity contribution in [2.75, 3.05) is 5.32 Å². The van der Waals surface area contributed by atoms with E-state index in [0.29, 0.717) is 6.54 Å². The van der Waals surface area contributed by atoms with E-state index in [1.807, 2.05) is 32.0 Å². The molecular formula is C13H15N3O2. The van der Waals surface area contributed by atoms with E-state index in [-0.39, 0.29) is 0 Å². The molecule has 0 aliphatic carbocycles. The summed E-state index contributed by atoms with van der Waals surface area (Å²) < 4.78 is 11.3. The van der Waals surface area contributed by atoms with Gasteiger partial charge in [0.05, 0.1) is 6.54 Å². The van der Waals surface area contributed by atoms with E-state index in [2.05, 4.69) is 15.3 Å². The predicted octanol–water partition coefficient (Wildman–Crippen LogP) is 2.53. The highest BCUT2D eigenvalue weighted by molar-refractivity contribution is 5.56. The average molecular weight is 245 g/mol. The van der Waals surface area contributed by atoms with Crippen LogP contribution >= 0.6 is 0 Å². The van der Waals surface area contributed by atoms with Crippen LogP contribution in [0.25, 0.3) is 0 Å². The Hall–Kier alpha value is -2.17. The molecule has 0 amide bonds. The van der Waals surface area contributed by atoms with Crippen molar-refractivity contribution in [2.24, 2.45) is 0 Å². The van der Waals surface area contributed by atoms with Crippen molar-refractivity contribution in [3.63, 3.8) is 0 Å². The number of H-pyrrole nitrogens is 1. The highest BCUT2D eigenvalue weighted by Crippen LogP contribution is 2.40. The number of rotatable bonds is 3. The molecule has 1 aromatic carbocycles. The van der Waals surface area contributed by atoms with Gasteiger partial charge in [0.1, 0.15) is 5.82 Å². The molecule has 2 aromatic rings. The molecule has 0 radical (unpaired) electrons. The summed E-state index contributed by atoms with van der Waals surface area (Å²) in [5.74, 6) is 1.86. The molecule has 0 fully saturated rings. The SMILES string of the molecule is CC1(C)Oc2ccc(NCc3ncc[nH]3)cc2O1. The molecule has 2 N–H and O–H groups in total. The van der Waals surface area contributed by atoms with Crippen LogP contribution in [-0.2, 0) is 6.54 Å². The van der Waals surface area contributed by atoms with E-state index in [1.165, 1.54) is 0 Å². The third-order valence-corrected chi connectivity index (χ3v) is 2.67. The van der Waals surface area contributed by atoms with Crippen LogP contribution in [0.4, 0.5) is 5.69 Å². The van der Waals surface area contributed by atoms with Crippen molar-refractivity contribution in [1.29, 1.82) is 0 Å². The van der Waals surface area contributed by atoms with Gasteiger partial charge in [-0.1, -0.05) is 0 Å². The summed E-state index contributed by atoms with van der Waals surface area (Å²) in [6, 6.07) is 5.81. The summed E-state index contributed by atoms with van der Waals surface area (Å²) in [6.07, 6.45) is 3.54. The number of fused-ring (bicyclic) bond motifs is 1. The highest BCUT2D eigenvalue weighted by Gasteiger charge is 2.31. The van der Waals surface area contributed by atoms with E-state index >= 15 is 0 Å². The first-order chi connectivity index (χ1) is 8.62. The average Bonchev–Trinajstić information content (AvgIpc) is 2.90. The molecule has 2 heterocycles. The molecule has 0 bridgehead atoms. The molecule has 0 saturated carbocycles. The second-order valence-electron chi connectivity index (χ2n) is 4.65. The van der Waals surface area contributed by atoms with Crippen LogP contribution in [0.3, 0.4) is 0 Å². The number of nitrogens with one attached hydrogen (secondary N) is 2. The summed E-state index contributed by atoms with van der Waals surface area (Å²) in [7, 11) is 0. The van der Waals surface area contributed by atoms with Crippen molar-refractivity contribution >= 4 is 5.69 Å². The molecule has 1 aromatic heterocycles. The Morgan fingerprint density at radius 3 is 2.89 bits per heavy atom. The Morgan fingerprint density at radius 1 is 1.28 bits per heavy atom. The Balaban J connectivity index is 1.72. The quantitative estimate of drug-likeness (QED) is 0.872. The molecule has 18 heavy (non-hydrogen) atoms. The second kappa shape index (κ2) is 3.94. The fourth-order valence-electron chi connectivity index (χ4n) is 1.91. The fourth-order valence-corrected chi connectivity index (χ4v) is 1.91. The number of benzene rings is 1. The number of ether oxygens (including phenoxy) is 2. The number of aromatic amines is 1. The van der Waals surface area contributed by atoms with Gasteiger partial charge < -0.3 is 19.8 Å². The van der Waals surface area contributed by atoms with Gasteiger partial charge in [-0.2, -0.15) is 0 Å². The predicted molar refractivity (Wildman–Crippen MR) is 67.7 cm³/mol. The Morgan fingerprint density at radius 2 is 2.11 bits per heavy atom. The van der Waals surface area contributed by atoms with Gasteiger partial charge in [-0.3, -0.25) is 0 Å². The van der Waals surface area contributed by atoms with Gasteiger partial charge in [-0.15, -0.1) is 0 Å². The Bertz CT molecular complexity index is 549. The molecule has 3 rings (SSSR count). The number of hydrogen-bond acceptors (Lipinski definition) is 4. The minimum Gasteiger partial charge on any atom is -0.449 e. The smallest absolute Gasteiger partial charge is 0.246 e. The summed E-state index contributed by atoms with van der Waals surface area (Å²) in [4.78, 5) is 7.20. The number of imidazole rings is 1. The Kier molecular flexibility index (Phi) is 2.40. The van der Waals surface area contributed by atoms with E-state index in [1.54, 1.807) is 12.4 Å². The Labute approximate surface area is 105 Å². The molecule has 0 saturated heterocycles. The lowest BCUT2D eigenvalue weighted by atomic mass is 10.3. The zero-order valence-corrected chi connectivity index (χ0v) is 10.4. The number of nitrogens with zero attached hydrogens (tertiary/aromatic N) is 1. The topological polar surface area (TPSA) is 59.2 Å². The fraction of sp³-hybridized carbons (Fsp3) is 0.308. The van der Waals surface area contributed by atoms with Crippen LogP contribution < -0.4 is 14.8 Å². The number of aromatic nitrogens is 2. The van der Waals surface area contributed by atoms with Crippen LogP contribution in [0.5, 0.6) is 11.5 Å². The normalized spacial score (nSPS) is 15.7. The summed E-state index contributed by atoms with van der Waals surface area (Å²) in [5.41, 5.74) is 0.978. The number of hydrogen-bond donors (Lipinski definition) is 2. The lowest BCUT2D eigenvalue weighted by Crippen LogP contribution is -2.29. The van der Waals surface area contributed by atoms with Gasteiger partial charge in [-0.25, -0.2) is 4.98 Å². The largest absolute Gasteiger partial charge is 0.449 e. The van der Waals surface area contributed by atoms with E-state index < -0.39 is 5.79 Å². The van der Waals surface area contributed by atoms with Crippen LogP contribution in [0.15, 0.2) is 30.6 Å². The highest BCUT2D eigenvalue weighted by atomic mass is 16.7. The monoisotopic (exact) mass is 245 g/mol. The van der Waals surface area contributed by atoms with Gasteiger partial charge in [-0.05, 0) is 12.1 Å². The van der Waals surface area contributed by atoms with Crippen LogP contribution in [-0.4, -0.2) is 15.8 Å². The maximum absolute atomic E-state index is 5.69. The minimum absolute atomic E-state index is 0.581. The molecular weight excluding hydrogens is 230 g/mol. The first-order valence-electron chi connectivity index (χ1n) is 5.87. The van der Waals surface area contributed by atoms with Crippen molar-refractivity contribution < 1.29 is 9.47 Å². The van der Waals surface area contributed by atoms with Crippen molar-refractivity contribution in [3.8, 4) is 11.5 Å². The third kappa shape index (κ3) is 2.11. The summed E-state index contributed by atoms with van der Waals surface area (Å²) in [6.45, 7) is 4.43. The molecule has 1 aliphatic rings. The number of anilines is 1. The molecule has 0 spiro atoms. The van der Waals surface area contributed by atoms with Gasteiger partial charge in [0.25, 0.3) is 0 Å². The lowest BCUT2D eigenvalue weighted by Gasteiger charge is -2.16. The maximum Gasteiger partial charge on any atom is 0.246 e. The van der Waals surface area contributed by atoms with Crippen LogP contribution in [0.1, 0.15) is 19.7 Å². The first-order valence-corrected chi connectivity index (χ1v) is 5.87. The standard InChI is InChI=1S/C13H15N3O2/c1-13(2)17-10-4-3-9(7-11(10)18-13)16-8-12-14-5-6-15-12/h3-7,16H,8H2,1-2H3,(H,14,15). The van der Waals surface area contributed by atoms with E-state index in [0.717, 1.165) is 23.0 Å². The van der Waals surface area contributed by atoms with Crippen LogP contribution in [0, 0.1) is 0 Å². The molecule has 0 atom stereocenters. The lowest BCUT2D eigenvalue weighted by molar-refractivity contribution is -0.0431. The molecule has 5 heteroatoms. The van der Waals surface area contributed by atoms with Gasteiger partial charge in [0.2, 0.25) is 5.79 Å². The van der Waals surface area contributed by atoms with Gasteiger partial charge in [0, 0.05) is 38.0 Å². The first kappa shape index (κ1) is 11.0. The minimum atomic E-state index is -0.581. The molecule has 1 aliphatic heterocycles. The molecule has 94 valence electrons. The zero-order chi connectivity index (χ0) is 12.6.